The van der Waals surface area contributed by atoms with E-state index in [1.165, 1.54) is 38.5 Å². The first-order valence-electron chi connectivity index (χ1n) is 11.0. The molecule has 1 atom stereocenters. The van der Waals surface area contributed by atoms with E-state index in [9.17, 15) is 4.57 Å². The lowest BCUT2D eigenvalue weighted by Gasteiger charge is -2.19. The second-order valence-corrected chi connectivity index (χ2v) is 8.50. The fraction of sp³-hybridized carbons (Fsp3) is 1.00. The van der Waals surface area contributed by atoms with Gasteiger partial charge in [0.25, 0.3) is 0 Å². The Hall–Kier alpha value is -0.0100. The number of rotatable bonds is 18. The van der Waals surface area contributed by atoms with Gasteiger partial charge in [0.05, 0.1) is 19.8 Å². The molecule has 0 aromatic heterocycles. The quantitative estimate of drug-likeness (QED) is 0.194. The van der Waals surface area contributed by atoms with Gasteiger partial charge in [-0.1, -0.05) is 72.1 Å². The van der Waals surface area contributed by atoms with Crippen molar-refractivity contribution in [3.8, 4) is 0 Å². The number of unbranched alkanes of at least 4 members (excludes halogenated alkanes) is 6. The lowest BCUT2D eigenvalue weighted by molar-refractivity contribution is 0.159. The van der Waals surface area contributed by atoms with E-state index in [4.69, 9.17) is 20.0 Å². The molecule has 0 amide bonds. The van der Waals surface area contributed by atoms with E-state index in [1.54, 1.807) is 0 Å². The first kappa shape index (κ1) is 30.2. The van der Waals surface area contributed by atoms with Crippen LogP contribution in [0.4, 0.5) is 0 Å². The van der Waals surface area contributed by atoms with Gasteiger partial charge in [-0.05, 0) is 25.3 Å². The summed E-state index contributed by atoms with van der Waals surface area (Å²) in [6.45, 7) is 9.26. The standard InChI is InChI=1S/C12H27NO2.C8H19O4P/c1-2-3-4-5-6-7-8-13(9-11-14)10-12-15;1-3-5-6-8(4-2)7-12-13(9,10)11/h14-15H,2-12H2,1H3;8H,3-7H2,1-2H3,(H2,9,10,11). The summed E-state index contributed by atoms with van der Waals surface area (Å²) >= 11 is 0. The third-order valence-electron chi connectivity index (χ3n) is 4.68. The molecule has 0 aromatic carbocycles. The third-order valence-corrected chi connectivity index (χ3v) is 5.17. The zero-order valence-corrected chi connectivity index (χ0v) is 19.3. The van der Waals surface area contributed by atoms with Crippen LogP contribution in [0.5, 0.6) is 0 Å². The Bertz CT molecular complexity index is 348. The van der Waals surface area contributed by atoms with Crippen molar-refractivity contribution in [2.75, 3.05) is 39.5 Å². The van der Waals surface area contributed by atoms with Gasteiger partial charge in [-0.25, -0.2) is 4.57 Å². The molecule has 8 heteroatoms. The number of nitrogens with zero attached hydrogens (tertiary/aromatic N) is 1. The molecule has 7 nitrogen and oxygen atoms in total. The smallest absolute Gasteiger partial charge is 0.395 e. The summed E-state index contributed by atoms with van der Waals surface area (Å²) in [5, 5.41) is 17.6. The fourth-order valence-corrected chi connectivity index (χ4v) is 3.24. The second-order valence-electron chi connectivity index (χ2n) is 7.26. The summed E-state index contributed by atoms with van der Waals surface area (Å²) in [6.07, 6.45) is 11.8. The number of phosphoric acid groups is 1. The van der Waals surface area contributed by atoms with E-state index in [0.717, 1.165) is 32.2 Å². The Morgan fingerprint density at radius 3 is 1.82 bits per heavy atom. The Labute approximate surface area is 172 Å². The minimum absolute atomic E-state index is 0.167. The lowest BCUT2D eigenvalue weighted by Crippen LogP contribution is -2.30. The van der Waals surface area contributed by atoms with Gasteiger partial charge in [0.15, 0.2) is 0 Å². The molecule has 4 N–H and O–H groups in total. The molecule has 0 aliphatic rings. The Morgan fingerprint density at radius 1 is 0.821 bits per heavy atom. The maximum atomic E-state index is 10.4. The van der Waals surface area contributed by atoms with Crippen molar-refractivity contribution in [3.05, 3.63) is 0 Å². The number of hydrogen-bond acceptors (Lipinski definition) is 5. The van der Waals surface area contributed by atoms with Crippen molar-refractivity contribution in [2.45, 2.75) is 85.0 Å². The van der Waals surface area contributed by atoms with Crippen LogP contribution in [0.3, 0.4) is 0 Å². The van der Waals surface area contributed by atoms with Crippen LogP contribution in [0.1, 0.15) is 85.0 Å². The van der Waals surface area contributed by atoms with Crippen molar-refractivity contribution in [3.63, 3.8) is 0 Å². The number of aliphatic hydroxyl groups is 2. The normalized spacial score (nSPS) is 12.7. The SMILES string of the molecule is CCCCC(CC)COP(=O)(O)O.CCCCCCCCN(CCO)CCO. The van der Waals surface area contributed by atoms with E-state index in [2.05, 4.69) is 23.3 Å². The first-order valence-corrected chi connectivity index (χ1v) is 12.5. The minimum Gasteiger partial charge on any atom is -0.395 e. The van der Waals surface area contributed by atoms with Gasteiger partial charge < -0.3 is 20.0 Å². The molecule has 0 aliphatic carbocycles. The molecule has 0 heterocycles. The molecular weight excluding hydrogens is 381 g/mol. The average molecular weight is 428 g/mol. The van der Waals surface area contributed by atoms with Crippen molar-refractivity contribution in [1.82, 2.24) is 4.90 Å². The van der Waals surface area contributed by atoms with Crippen LogP contribution in [0.15, 0.2) is 0 Å². The molecule has 0 aliphatic heterocycles. The van der Waals surface area contributed by atoms with Crippen molar-refractivity contribution >= 4 is 7.82 Å². The van der Waals surface area contributed by atoms with Crippen LogP contribution in [-0.2, 0) is 9.09 Å². The molecular formula is C20H46NO6P. The largest absolute Gasteiger partial charge is 0.469 e. The molecule has 0 aromatic rings. The summed E-state index contributed by atoms with van der Waals surface area (Å²) in [4.78, 5) is 19.1. The average Bonchev–Trinajstić information content (AvgIpc) is 2.65. The highest BCUT2D eigenvalue weighted by atomic mass is 31.2. The molecule has 0 spiro atoms. The number of hydrogen-bond donors (Lipinski definition) is 4. The van der Waals surface area contributed by atoms with Gasteiger partial charge in [0, 0.05) is 13.1 Å². The van der Waals surface area contributed by atoms with E-state index in [1.807, 2.05) is 6.92 Å². The Morgan fingerprint density at radius 2 is 1.36 bits per heavy atom. The Kier molecular flexibility index (Phi) is 23.4. The topological polar surface area (TPSA) is 110 Å². The van der Waals surface area contributed by atoms with Gasteiger partial charge in [0.2, 0.25) is 0 Å². The molecule has 0 radical (unpaired) electrons. The van der Waals surface area contributed by atoms with Gasteiger partial charge >= 0.3 is 7.82 Å². The molecule has 0 rings (SSSR count). The fourth-order valence-electron chi connectivity index (χ4n) is 2.83. The van der Waals surface area contributed by atoms with E-state index >= 15 is 0 Å². The zero-order valence-electron chi connectivity index (χ0n) is 18.4. The highest BCUT2D eigenvalue weighted by Crippen LogP contribution is 2.36. The highest BCUT2D eigenvalue weighted by molar-refractivity contribution is 7.46. The monoisotopic (exact) mass is 427 g/mol. The van der Waals surface area contributed by atoms with Crippen LogP contribution >= 0.6 is 7.82 Å². The second kappa shape index (κ2) is 21.7. The van der Waals surface area contributed by atoms with E-state index in [0.29, 0.717) is 13.1 Å². The summed E-state index contributed by atoms with van der Waals surface area (Å²) < 4.78 is 14.8. The molecule has 28 heavy (non-hydrogen) atoms. The van der Waals surface area contributed by atoms with E-state index < -0.39 is 7.82 Å². The van der Waals surface area contributed by atoms with Crippen molar-refractivity contribution in [1.29, 1.82) is 0 Å². The minimum atomic E-state index is -4.26. The Balaban J connectivity index is 0. The summed E-state index contributed by atoms with van der Waals surface area (Å²) in [7, 11) is -4.26. The first-order chi connectivity index (χ1) is 13.3. The molecule has 0 saturated heterocycles. The lowest BCUT2D eigenvalue weighted by atomic mass is 10.0. The maximum absolute atomic E-state index is 10.4. The number of phosphoric ester groups is 1. The molecule has 0 bridgehead atoms. The summed E-state index contributed by atoms with van der Waals surface area (Å²) in [5.74, 6) is 0.271. The van der Waals surface area contributed by atoms with Crippen LogP contribution in [0, 0.1) is 5.92 Å². The summed E-state index contributed by atoms with van der Waals surface area (Å²) in [5.41, 5.74) is 0. The van der Waals surface area contributed by atoms with Gasteiger partial charge in [-0.2, -0.15) is 0 Å². The summed E-state index contributed by atoms with van der Waals surface area (Å²) in [6, 6.07) is 0. The predicted molar refractivity (Wildman–Crippen MR) is 115 cm³/mol. The van der Waals surface area contributed by atoms with E-state index in [-0.39, 0.29) is 25.7 Å². The van der Waals surface area contributed by atoms with Crippen molar-refractivity contribution < 1.29 is 29.1 Å². The third kappa shape index (κ3) is 24.0. The molecule has 172 valence electrons. The van der Waals surface area contributed by atoms with Crippen molar-refractivity contribution in [2.24, 2.45) is 5.92 Å². The predicted octanol–water partition coefficient (Wildman–Crippen LogP) is 3.95. The molecule has 1 unspecified atom stereocenters. The van der Waals surface area contributed by atoms with Gasteiger partial charge in [-0.15, -0.1) is 0 Å². The van der Waals surface area contributed by atoms with Crippen LogP contribution in [-0.4, -0.2) is 64.4 Å². The van der Waals surface area contributed by atoms with Gasteiger partial charge in [-0.3, -0.25) is 9.42 Å². The van der Waals surface area contributed by atoms with Crippen LogP contribution in [0.2, 0.25) is 0 Å². The highest BCUT2D eigenvalue weighted by Gasteiger charge is 2.16. The zero-order chi connectivity index (χ0) is 21.7. The van der Waals surface area contributed by atoms with Crippen LogP contribution in [0.25, 0.3) is 0 Å². The maximum Gasteiger partial charge on any atom is 0.469 e. The van der Waals surface area contributed by atoms with Crippen LogP contribution < -0.4 is 0 Å². The molecule has 0 saturated carbocycles. The molecule has 0 fully saturated rings. The number of aliphatic hydroxyl groups excluding tert-OH is 2. The van der Waals surface area contributed by atoms with Gasteiger partial charge in [0.1, 0.15) is 0 Å².